The summed E-state index contributed by atoms with van der Waals surface area (Å²) in [7, 11) is 0. The summed E-state index contributed by atoms with van der Waals surface area (Å²) in [6, 6.07) is 8.08. The predicted molar refractivity (Wildman–Crippen MR) is 104 cm³/mol. The molecule has 0 aliphatic carbocycles. The summed E-state index contributed by atoms with van der Waals surface area (Å²) in [5.41, 5.74) is 6.43. The first-order chi connectivity index (χ1) is 13.1. The van der Waals surface area contributed by atoms with Gasteiger partial charge in [0.1, 0.15) is 18.4 Å². The zero-order chi connectivity index (χ0) is 20.9. The van der Waals surface area contributed by atoms with Crippen LogP contribution in [0.2, 0.25) is 0 Å². The lowest BCUT2D eigenvalue weighted by Gasteiger charge is -2.26. The number of hydrogen-bond donors (Lipinski definition) is 3. The number of nitriles is 1. The van der Waals surface area contributed by atoms with E-state index in [4.69, 9.17) is 15.6 Å². The maximum Gasteiger partial charge on any atom is 0.410 e. The molecule has 0 aliphatic rings. The normalized spacial score (nSPS) is 12.9. The Morgan fingerprint density at radius 1 is 1.46 bits per heavy atom. The molecule has 8 heteroatoms. The van der Waals surface area contributed by atoms with Crippen molar-refractivity contribution in [2.45, 2.75) is 32.7 Å². The maximum atomic E-state index is 14.6. The Balaban J connectivity index is 2.29. The molecule has 1 aromatic carbocycles. The van der Waals surface area contributed by atoms with Crippen molar-refractivity contribution in [1.82, 2.24) is 4.98 Å². The lowest BCUT2D eigenvalue weighted by Crippen LogP contribution is -2.43. The fraction of sp³-hybridized carbons (Fsp3) is 0.350. The van der Waals surface area contributed by atoms with Gasteiger partial charge in [-0.15, -0.1) is 0 Å². The van der Waals surface area contributed by atoms with Crippen LogP contribution in [0.15, 0.2) is 30.5 Å². The van der Waals surface area contributed by atoms with Crippen molar-refractivity contribution in [2.75, 3.05) is 11.9 Å². The van der Waals surface area contributed by atoms with Gasteiger partial charge in [-0.2, -0.15) is 5.26 Å². The molecule has 0 saturated carbocycles. The number of hydrogen-bond acceptors (Lipinski definition) is 5. The number of nitrogens with two attached hydrogens (primary N) is 1. The molecule has 4 N–H and O–H groups in total. The summed E-state index contributed by atoms with van der Waals surface area (Å²) >= 11 is 0. The average molecular weight is 386 g/mol. The van der Waals surface area contributed by atoms with E-state index in [1.54, 1.807) is 12.1 Å². The standard InChI is InChI=1S/C20H23FN4O3/c1-12(2)9-20(3,23)11-28-16-5-4-13(8-14(16)10-22)15-6-7-24-18(17(15)21)25-19(26)27/h4-8,12H,9,11,23H2,1-3H3,(H,24,25)(H,26,27). The van der Waals surface area contributed by atoms with E-state index in [0.717, 1.165) is 6.42 Å². The van der Waals surface area contributed by atoms with Crippen LogP contribution in [-0.4, -0.2) is 28.3 Å². The number of nitrogens with one attached hydrogen (secondary N) is 1. The third-order valence-corrected chi connectivity index (χ3v) is 3.96. The van der Waals surface area contributed by atoms with Gasteiger partial charge in [-0.25, -0.2) is 14.2 Å². The minimum Gasteiger partial charge on any atom is -0.490 e. The summed E-state index contributed by atoms with van der Waals surface area (Å²) in [5, 5.41) is 20.1. The number of anilines is 1. The summed E-state index contributed by atoms with van der Waals surface area (Å²) in [6.45, 7) is 6.25. The van der Waals surface area contributed by atoms with E-state index in [9.17, 15) is 14.4 Å². The molecule has 7 nitrogen and oxygen atoms in total. The molecule has 0 spiro atoms. The van der Waals surface area contributed by atoms with Gasteiger partial charge in [-0.3, -0.25) is 5.32 Å². The van der Waals surface area contributed by atoms with Crippen LogP contribution in [0.25, 0.3) is 11.1 Å². The fourth-order valence-corrected chi connectivity index (χ4v) is 3.00. The second kappa shape index (κ2) is 8.67. The molecule has 2 aromatic rings. The van der Waals surface area contributed by atoms with Gasteiger partial charge in [0.25, 0.3) is 0 Å². The maximum absolute atomic E-state index is 14.6. The molecule has 28 heavy (non-hydrogen) atoms. The Bertz CT molecular complexity index is 907. The van der Waals surface area contributed by atoms with Gasteiger partial charge in [0.05, 0.1) is 5.56 Å². The monoisotopic (exact) mass is 386 g/mol. The molecule has 1 amide bonds. The zero-order valence-electron chi connectivity index (χ0n) is 16.0. The third kappa shape index (κ3) is 5.41. The summed E-state index contributed by atoms with van der Waals surface area (Å²) in [6.07, 6.45) is 0.622. The van der Waals surface area contributed by atoms with Gasteiger partial charge in [0.15, 0.2) is 11.6 Å². The van der Waals surface area contributed by atoms with Crippen LogP contribution in [-0.2, 0) is 0 Å². The van der Waals surface area contributed by atoms with E-state index in [1.807, 2.05) is 18.3 Å². The Labute approximate surface area is 163 Å². The zero-order valence-corrected chi connectivity index (χ0v) is 16.0. The summed E-state index contributed by atoms with van der Waals surface area (Å²) in [4.78, 5) is 14.4. The van der Waals surface area contributed by atoms with Gasteiger partial charge in [-0.05, 0) is 43.0 Å². The first-order valence-corrected chi connectivity index (χ1v) is 8.73. The number of ether oxygens (including phenoxy) is 1. The van der Waals surface area contributed by atoms with Crippen LogP contribution in [0.3, 0.4) is 0 Å². The number of rotatable bonds is 7. The largest absolute Gasteiger partial charge is 0.490 e. The predicted octanol–water partition coefficient (Wildman–Crippen LogP) is 3.99. The first-order valence-electron chi connectivity index (χ1n) is 8.73. The topological polar surface area (TPSA) is 121 Å². The van der Waals surface area contributed by atoms with E-state index < -0.39 is 23.3 Å². The van der Waals surface area contributed by atoms with Crippen LogP contribution in [0.4, 0.5) is 15.0 Å². The molecule has 0 aliphatic heterocycles. The first kappa shape index (κ1) is 21.1. The lowest BCUT2D eigenvalue weighted by atomic mass is 9.93. The highest BCUT2D eigenvalue weighted by molar-refractivity contribution is 5.83. The van der Waals surface area contributed by atoms with Crippen LogP contribution in [0, 0.1) is 23.1 Å². The number of halogens is 1. The average Bonchev–Trinajstić information content (AvgIpc) is 2.60. The molecule has 1 heterocycles. The van der Waals surface area contributed by atoms with Gasteiger partial charge in [0, 0.05) is 17.3 Å². The van der Waals surface area contributed by atoms with Gasteiger partial charge in [0.2, 0.25) is 0 Å². The Morgan fingerprint density at radius 3 is 2.79 bits per heavy atom. The smallest absolute Gasteiger partial charge is 0.410 e. The molecule has 1 atom stereocenters. The number of aromatic nitrogens is 1. The Morgan fingerprint density at radius 2 is 2.18 bits per heavy atom. The SMILES string of the molecule is CC(C)CC(C)(N)COc1ccc(-c2ccnc(NC(=O)O)c2F)cc1C#N. The van der Waals surface area contributed by atoms with Gasteiger partial charge in [-0.1, -0.05) is 19.9 Å². The molecule has 2 rings (SSSR count). The number of amides is 1. The van der Waals surface area contributed by atoms with Crippen molar-refractivity contribution >= 4 is 11.9 Å². The molecule has 0 saturated heterocycles. The number of nitrogens with zero attached hydrogens (tertiary/aromatic N) is 2. The Hall–Kier alpha value is -3.18. The van der Waals surface area contributed by atoms with Crippen molar-refractivity contribution in [1.29, 1.82) is 5.26 Å². The lowest BCUT2D eigenvalue weighted by molar-refractivity contribution is 0.206. The molecule has 1 aromatic heterocycles. The van der Waals surface area contributed by atoms with E-state index >= 15 is 0 Å². The van der Waals surface area contributed by atoms with Crippen LogP contribution in [0.5, 0.6) is 5.75 Å². The number of benzene rings is 1. The van der Waals surface area contributed by atoms with Crippen molar-refractivity contribution in [2.24, 2.45) is 11.7 Å². The molecule has 1 unspecified atom stereocenters. The molecule has 0 fully saturated rings. The molecule has 148 valence electrons. The van der Waals surface area contributed by atoms with Crippen LogP contribution >= 0.6 is 0 Å². The van der Waals surface area contributed by atoms with Crippen LogP contribution in [0.1, 0.15) is 32.8 Å². The minimum absolute atomic E-state index is 0.116. The number of carbonyl (C=O) groups is 1. The second-order valence-corrected chi connectivity index (χ2v) is 7.31. The minimum atomic E-state index is -1.42. The third-order valence-electron chi connectivity index (χ3n) is 3.96. The molecule has 0 bridgehead atoms. The van der Waals surface area contributed by atoms with E-state index in [2.05, 4.69) is 18.8 Å². The van der Waals surface area contributed by atoms with Crippen molar-refractivity contribution in [3.05, 3.63) is 41.8 Å². The van der Waals surface area contributed by atoms with E-state index in [1.165, 1.54) is 18.3 Å². The highest BCUT2D eigenvalue weighted by Gasteiger charge is 2.22. The van der Waals surface area contributed by atoms with Crippen molar-refractivity contribution in [3.8, 4) is 22.9 Å². The highest BCUT2D eigenvalue weighted by Crippen LogP contribution is 2.30. The molecule has 0 radical (unpaired) electrons. The van der Waals surface area contributed by atoms with E-state index in [-0.39, 0.29) is 17.7 Å². The van der Waals surface area contributed by atoms with Gasteiger partial charge < -0.3 is 15.6 Å². The summed E-state index contributed by atoms with van der Waals surface area (Å²) in [5.74, 6) is -0.477. The van der Waals surface area contributed by atoms with Crippen molar-refractivity contribution < 1.29 is 19.0 Å². The quantitative estimate of drug-likeness (QED) is 0.661. The Kier molecular flexibility index (Phi) is 6.54. The number of pyridine rings is 1. The summed E-state index contributed by atoms with van der Waals surface area (Å²) < 4.78 is 20.3. The number of carboxylic acid groups (broad SMARTS) is 1. The molecular formula is C20H23FN4O3. The van der Waals surface area contributed by atoms with E-state index in [0.29, 0.717) is 17.2 Å². The van der Waals surface area contributed by atoms with Crippen molar-refractivity contribution in [3.63, 3.8) is 0 Å². The fourth-order valence-electron chi connectivity index (χ4n) is 3.00. The second-order valence-electron chi connectivity index (χ2n) is 7.31. The highest BCUT2D eigenvalue weighted by atomic mass is 19.1. The van der Waals surface area contributed by atoms with Gasteiger partial charge >= 0.3 is 6.09 Å². The van der Waals surface area contributed by atoms with Crippen LogP contribution < -0.4 is 15.8 Å². The molecular weight excluding hydrogens is 363 g/mol.